The van der Waals surface area contributed by atoms with E-state index in [9.17, 15) is 0 Å². The highest BCUT2D eigenvalue weighted by Gasteiger charge is 2.27. The molecule has 0 amide bonds. The van der Waals surface area contributed by atoms with Gasteiger partial charge in [-0.25, -0.2) is 4.98 Å². The molecule has 3 heterocycles. The van der Waals surface area contributed by atoms with Crippen molar-refractivity contribution in [1.29, 1.82) is 0 Å². The van der Waals surface area contributed by atoms with Gasteiger partial charge in [-0.15, -0.1) is 0 Å². The van der Waals surface area contributed by atoms with E-state index in [1.165, 1.54) is 56.7 Å². The SMILES string of the molecule is CCN1CCCCC1c1cn2c(n1)C(C)CCC2. The van der Waals surface area contributed by atoms with Crippen molar-refractivity contribution >= 4 is 0 Å². The lowest BCUT2D eigenvalue weighted by Gasteiger charge is -2.33. The summed E-state index contributed by atoms with van der Waals surface area (Å²) in [5, 5.41) is 0. The van der Waals surface area contributed by atoms with Crippen LogP contribution in [0.15, 0.2) is 6.20 Å². The summed E-state index contributed by atoms with van der Waals surface area (Å²) < 4.78 is 2.41. The van der Waals surface area contributed by atoms with E-state index in [-0.39, 0.29) is 0 Å². The number of fused-ring (bicyclic) bond motifs is 1. The van der Waals surface area contributed by atoms with Crippen LogP contribution in [0, 0.1) is 0 Å². The Kier molecular flexibility index (Phi) is 3.42. The maximum absolute atomic E-state index is 4.97. The summed E-state index contributed by atoms with van der Waals surface area (Å²) in [5.41, 5.74) is 1.33. The molecular weight excluding hydrogens is 222 g/mol. The summed E-state index contributed by atoms with van der Waals surface area (Å²) in [6.07, 6.45) is 8.96. The Bertz CT molecular complexity index is 410. The van der Waals surface area contributed by atoms with E-state index in [0.717, 1.165) is 6.54 Å². The number of piperidine rings is 1. The number of aromatic nitrogens is 2. The third kappa shape index (κ3) is 2.09. The first-order valence-electron chi connectivity index (χ1n) is 7.60. The number of hydrogen-bond donors (Lipinski definition) is 0. The summed E-state index contributed by atoms with van der Waals surface area (Å²) in [5.74, 6) is 1.98. The van der Waals surface area contributed by atoms with Crippen LogP contribution in [-0.2, 0) is 6.54 Å². The Morgan fingerprint density at radius 2 is 2.11 bits per heavy atom. The van der Waals surface area contributed by atoms with E-state index in [4.69, 9.17) is 4.98 Å². The van der Waals surface area contributed by atoms with Gasteiger partial charge in [0.05, 0.1) is 11.7 Å². The van der Waals surface area contributed by atoms with Gasteiger partial charge in [-0.2, -0.15) is 0 Å². The third-order valence-electron chi connectivity index (χ3n) is 4.66. The van der Waals surface area contributed by atoms with E-state index in [0.29, 0.717) is 12.0 Å². The number of likely N-dealkylation sites (tertiary alicyclic amines) is 1. The molecule has 1 aromatic heterocycles. The summed E-state index contributed by atoms with van der Waals surface area (Å²) in [6.45, 7) is 8.17. The minimum Gasteiger partial charge on any atom is -0.334 e. The summed E-state index contributed by atoms with van der Waals surface area (Å²) in [6, 6.07) is 0.578. The lowest BCUT2D eigenvalue weighted by atomic mass is 10.00. The maximum Gasteiger partial charge on any atom is 0.111 e. The first-order valence-corrected chi connectivity index (χ1v) is 7.60. The van der Waals surface area contributed by atoms with E-state index < -0.39 is 0 Å². The number of rotatable bonds is 2. The van der Waals surface area contributed by atoms with Gasteiger partial charge in [0.25, 0.3) is 0 Å². The average Bonchev–Trinajstić information content (AvgIpc) is 2.84. The molecule has 3 heteroatoms. The second kappa shape index (κ2) is 5.04. The lowest BCUT2D eigenvalue weighted by molar-refractivity contribution is 0.154. The molecule has 0 saturated carbocycles. The number of aryl methyl sites for hydroxylation is 1. The van der Waals surface area contributed by atoms with Gasteiger partial charge in [0.2, 0.25) is 0 Å². The van der Waals surface area contributed by atoms with E-state index >= 15 is 0 Å². The van der Waals surface area contributed by atoms with Gasteiger partial charge in [0, 0.05) is 18.7 Å². The molecule has 0 radical (unpaired) electrons. The molecular formula is C15H25N3. The van der Waals surface area contributed by atoms with Crippen LogP contribution in [0.25, 0.3) is 0 Å². The van der Waals surface area contributed by atoms with Gasteiger partial charge >= 0.3 is 0 Å². The fraction of sp³-hybridized carbons (Fsp3) is 0.800. The molecule has 2 unspecified atom stereocenters. The van der Waals surface area contributed by atoms with Gasteiger partial charge in [-0.1, -0.05) is 20.3 Å². The quantitative estimate of drug-likeness (QED) is 0.799. The predicted molar refractivity (Wildman–Crippen MR) is 73.7 cm³/mol. The summed E-state index contributed by atoms with van der Waals surface area (Å²) in [7, 11) is 0. The molecule has 0 N–H and O–H groups in total. The molecule has 0 bridgehead atoms. The van der Waals surface area contributed by atoms with Crippen molar-refractivity contribution in [1.82, 2.24) is 14.5 Å². The molecule has 3 nitrogen and oxygen atoms in total. The topological polar surface area (TPSA) is 21.1 Å². The third-order valence-corrected chi connectivity index (χ3v) is 4.66. The molecule has 1 saturated heterocycles. The number of imidazole rings is 1. The van der Waals surface area contributed by atoms with Gasteiger partial charge < -0.3 is 4.57 Å². The Morgan fingerprint density at radius 1 is 1.22 bits per heavy atom. The standard InChI is InChI=1S/C15H25N3/c1-3-17-9-5-4-8-14(17)13-11-18-10-6-7-12(2)15(18)16-13/h11-12,14H,3-10H2,1-2H3. The summed E-state index contributed by atoms with van der Waals surface area (Å²) >= 11 is 0. The largest absolute Gasteiger partial charge is 0.334 e. The van der Waals surface area contributed by atoms with Gasteiger partial charge in [-0.3, -0.25) is 4.90 Å². The Hall–Kier alpha value is -0.830. The zero-order valence-electron chi connectivity index (χ0n) is 11.7. The molecule has 18 heavy (non-hydrogen) atoms. The van der Waals surface area contributed by atoms with Gasteiger partial charge in [-0.05, 0) is 38.8 Å². The smallest absolute Gasteiger partial charge is 0.111 e. The highest BCUT2D eigenvalue weighted by atomic mass is 15.2. The molecule has 2 atom stereocenters. The van der Waals surface area contributed by atoms with Crippen LogP contribution >= 0.6 is 0 Å². The highest BCUT2D eigenvalue weighted by Crippen LogP contribution is 2.33. The van der Waals surface area contributed by atoms with Crippen LogP contribution in [0.1, 0.15) is 69.4 Å². The van der Waals surface area contributed by atoms with Crippen LogP contribution in [0.3, 0.4) is 0 Å². The van der Waals surface area contributed by atoms with Crippen molar-refractivity contribution in [2.75, 3.05) is 13.1 Å². The maximum atomic E-state index is 4.97. The van der Waals surface area contributed by atoms with E-state index in [1.807, 2.05) is 0 Å². The van der Waals surface area contributed by atoms with Gasteiger partial charge in [0.15, 0.2) is 0 Å². The van der Waals surface area contributed by atoms with Crippen LogP contribution < -0.4 is 0 Å². The zero-order valence-corrected chi connectivity index (χ0v) is 11.7. The second-order valence-corrected chi connectivity index (χ2v) is 5.90. The van der Waals surface area contributed by atoms with Crippen LogP contribution in [0.4, 0.5) is 0 Å². The van der Waals surface area contributed by atoms with Crippen LogP contribution in [0.5, 0.6) is 0 Å². The highest BCUT2D eigenvalue weighted by molar-refractivity contribution is 5.14. The van der Waals surface area contributed by atoms with Crippen molar-refractivity contribution in [3.63, 3.8) is 0 Å². The molecule has 100 valence electrons. The zero-order chi connectivity index (χ0) is 12.5. The molecule has 3 rings (SSSR count). The lowest BCUT2D eigenvalue weighted by Crippen LogP contribution is -2.33. The summed E-state index contributed by atoms with van der Waals surface area (Å²) in [4.78, 5) is 7.57. The molecule has 1 aromatic rings. The van der Waals surface area contributed by atoms with E-state index in [2.05, 4.69) is 29.5 Å². The monoisotopic (exact) mass is 247 g/mol. The van der Waals surface area contributed by atoms with Crippen molar-refractivity contribution in [2.45, 2.75) is 64.5 Å². The van der Waals surface area contributed by atoms with Crippen LogP contribution in [0.2, 0.25) is 0 Å². The normalized spacial score (nSPS) is 29.2. The van der Waals surface area contributed by atoms with Crippen molar-refractivity contribution in [3.8, 4) is 0 Å². The van der Waals surface area contributed by atoms with E-state index in [1.54, 1.807) is 0 Å². The number of hydrogen-bond acceptors (Lipinski definition) is 2. The Balaban J connectivity index is 1.87. The molecule has 0 aliphatic carbocycles. The fourth-order valence-electron chi connectivity index (χ4n) is 3.59. The van der Waals surface area contributed by atoms with Crippen molar-refractivity contribution in [2.24, 2.45) is 0 Å². The first-order chi connectivity index (χ1) is 8.79. The Labute approximate surface area is 110 Å². The minimum atomic E-state index is 0.578. The molecule has 1 fully saturated rings. The predicted octanol–water partition coefficient (Wildman–Crippen LogP) is 3.33. The molecule has 0 spiro atoms. The molecule has 0 aromatic carbocycles. The fourth-order valence-corrected chi connectivity index (χ4v) is 3.59. The molecule has 2 aliphatic heterocycles. The average molecular weight is 247 g/mol. The van der Waals surface area contributed by atoms with Gasteiger partial charge in [0.1, 0.15) is 5.82 Å². The van der Waals surface area contributed by atoms with Crippen molar-refractivity contribution < 1.29 is 0 Å². The second-order valence-electron chi connectivity index (χ2n) is 5.90. The van der Waals surface area contributed by atoms with Crippen LogP contribution in [-0.4, -0.2) is 27.5 Å². The minimum absolute atomic E-state index is 0.578. The Morgan fingerprint density at radius 3 is 2.89 bits per heavy atom. The first kappa shape index (κ1) is 12.2. The molecule has 2 aliphatic rings. The van der Waals surface area contributed by atoms with Crippen molar-refractivity contribution in [3.05, 3.63) is 17.7 Å². The number of nitrogens with zero attached hydrogens (tertiary/aromatic N) is 3.